The van der Waals surface area contributed by atoms with Crippen molar-refractivity contribution in [2.45, 2.75) is 136 Å². The monoisotopic (exact) mass is 835 g/mol. The summed E-state index contributed by atoms with van der Waals surface area (Å²) in [4.78, 5) is 12.5. The van der Waals surface area contributed by atoms with Gasteiger partial charge in [-0.3, -0.25) is 0 Å². The van der Waals surface area contributed by atoms with Crippen LogP contribution >= 0.6 is 0 Å². The summed E-state index contributed by atoms with van der Waals surface area (Å²) >= 11 is 0. The molecule has 0 bridgehead atoms. The molecule has 0 amide bonds. The molecule has 7 rings (SSSR count). The number of carbonyl (C=O) groups is 1. The summed E-state index contributed by atoms with van der Waals surface area (Å²) in [7, 11) is 0. The van der Waals surface area contributed by atoms with Crippen LogP contribution in [0.3, 0.4) is 0 Å². The van der Waals surface area contributed by atoms with Crippen molar-refractivity contribution in [2.75, 3.05) is 6.61 Å². The number of fused-ring (bicyclic) bond motifs is 1. The third-order valence-electron chi connectivity index (χ3n) is 12.8. The number of esters is 1. The van der Waals surface area contributed by atoms with Gasteiger partial charge in [0.1, 0.15) is 17.2 Å². The van der Waals surface area contributed by atoms with Gasteiger partial charge in [-0.2, -0.15) is 0 Å². The van der Waals surface area contributed by atoms with Crippen molar-refractivity contribution < 1.29 is 24.1 Å². The largest absolute Gasteiger partial charge is 0.508 e. The number of hydrogen-bond donors (Lipinski definition) is 1. The molecule has 4 unspecified atom stereocenters. The maximum Gasteiger partial charge on any atom is 0.344 e. The lowest BCUT2D eigenvalue weighted by Gasteiger charge is -2.43. The molecule has 4 atom stereocenters. The standard InChI is InChI=1S/C26H36O2.C21H20O2.C10H14O/c1-5-21(4)22-13-15-24(16-14-22)28-25(27-6-2)26(17-8-7-9-18-26)23-12-10-11-20(3)19-23;1-3-15(2)16-11-13-18(14-12-16)23-21(22)20-10-6-8-17-7-4-5-9-19(17)20;1-3-8(2)9-4-6-10(11)7-5-9/h10-16,19,21,25H,5-9,17-18H2,1-4H3;4-15H,3H2,1-2H3;4-8,11H,3H2,1-2H3. The van der Waals surface area contributed by atoms with Crippen LogP contribution in [0, 0.1) is 6.92 Å². The molecule has 0 saturated heterocycles. The maximum atomic E-state index is 12.5. The molecule has 1 fully saturated rings. The summed E-state index contributed by atoms with van der Waals surface area (Å²) < 4.78 is 18.3. The van der Waals surface area contributed by atoms with Crippen LogP contribution < -0.4 is 9.47 Å². The van der Waals surface area contributed by atoms with Crippen LogP contribution in [0.1, 0.15) is 156 Å². The molecule has 5 heteroatoms. The zero-order valence-corrected chi connectivity index (χ0v) is 38.5. The Morgan fingerprint density at radius 2 is 1.13 bits per heavy atom. The van der Waals surface area contributed by atoms with E-state index in [1.54, 1.807) is 18.2 Å². The van der Waals surface area contributed by atoms with Gasteiger partial charge in [-0.05, 0) is 139 Å². The van der Waals surface area contributed by atoms with E-state index in [4.69, 9.17) is 19.3 Å². The van der Waals surface area contributed by atoms with E-state index in [-0.39, 0.29) is 17.7 Å². The third-order valence-corrected chi connectivity index (χ3v) is 12.8. The fraction of sp³-hybridized carbons (Fsp3) is 0.386. The Morgan fingerprint density at radius 3 is 1.68 bits per heavy atom. The summed E-state index contributed by atoms with van der Waals surface area (Å²) in [5.41, 5.74) is 7.11. The lowest BCUT2D eigenvalue weighted by molar-refractivity contribution is -0.135. The number of carbonyl (C=O) groups excluding carboxylic acids is 1. The molecule has 5 nitrogen and oxygen atoms in total. The van der Waals surface area contributed by atoms with E-state index in [2.05, 4.69) is 104 Å². The van der Waals surface area contributed by atoms with E-state index in [0.29, 0.717) is 41.4 Å². The zero-order chi connectivity index (χ0) is 44.5. The molecule has 1 aliphatic carbocycles. The van der Waals surface area contributed by atoms with Crippen LogP contribution in [0.25, 0.3) is 10.8 Å². The minimum atomic E-state index is -0.321. The van der Waals surface area contributed by atoms with Gasteiger partial charge in [0, 0.05) is 6.61 Å². The maximum absolute atomic E-state index is 12.5. The molecule has 0 heterocycles. The Bertz CT molecular complexity index is 2230. The zero-order valence-electron chi connectivity index (χ0n) is 38.5. The van der Waals surface area contributed by atoms with E-state index in [1.807, 2.05) is 72.8 Å². The van der Waals surface area contributed by atoms with E-state index in [0.717, 1.165) is 48.6 Å². The first-order valence-corrected chi connectivity index (χ1v) is 23.1. The first-order valence-electron chi connectivity index (χ1n) is 23.1. The molecule has 6 aromatic rings. The molecule has 328 valence electrons. The Labute approximate surface area is 372 Å². The molecule has 0 radical (unpaired) electrons. The highest BCUT2D eigenvalue weighted by atomic mass is 16.7. The van der Waals surface area contributed by atoms with Gasteiger partial charge < -0.3 is 19.3 Å². The normalized spacial score (nSPS) is 15.1. The van der Waals surface area contributed by atoms with E-state index in [9.17, 15) is 4.79 Å². The SMILES string of the molecule is CCC(C)c1ccc(O)cc1.CCC(C)c1ccc(OC(=O)c2cccc3ccccc23)cc1.CCOC(Oc1ccc(C(C)CC)cc1)C1(c2cccc(C)c2)CCCCC1. The number of hydrogen-bond acceptors (Lipinski definition) is 5. The minimum absolute atomic E-state index is 0.0737. The summed E-state index contributed by atoms with van der Waals surface area (Å²) in [5, 5.41) is 11.0. The van der Waals surface area contributed by atoms with Crippen molar-refractivity contribution in [3.05, 3.63) is 173 Å². The predicted octanol–water partition coefficient (Wildman–Crippen LogP) is 15.6. The van der Waals surface area contributed by atoms with Crippen molar-refractivity contribution in [1.82, 2.24) is 0 Å². The highest BCUT2D eigenvalue weighted by molar-refractivity contribution is 6.05. The van der Waals surface area contributed by atoms with Crippen LogP contribution in [-0.4, -0.2) is 24.0 Å². The van der Waals surface area contributed by atoms with E-state index < -0.39 is 0 Å². The van der Waals surface area contributed by atoms with Crippen LogP contribution in [-0.2, 0) is 10.2 Å². The number of rotatable bonds is 14. The number of benzene rings is 6. The summed E-state index contributed by atoms with van der Waals surface area (Å²) in [5.74, 6) is 3.19. The summed E-state index contributed by atoms with van der Waals surface area (Å²) in [6.45, 7) is 18.1. The summed E-state index contributed by atoms with van der Waals surface area (Å²) in [6.07, 6.45) is 9.13. The highest BCUT2D eigenvalue weighted by Gasteiger charge is 2.44. The molecule has 1 aliphatic rings. The smallest absolute Gasteiger partial charge is 0.344 e. The lowest BCUT2D eigenvalue weighted by atomic mass is 9.68. The van der Waals surface area contributed by atoms with Gasteiger partial charge in [0.2, 0.25) is 6.29 Å². The lowest BCUT2D eigenvalue weighted by Crippen LogP contribution is -2.46. The fourth-order valence-electron chi connectivity index (χ4n) is 8.19. The van der Waals surface area contributed by atoms with Crippen LogP contribution in [0.2, 0.25) is 0 Å². The number of aromatic hydroxyl groups is 1. The number of aryl methyl sites for hydroxylation is 1. The second-order valence-corrected chi connectivity index (χ2v) is 17.1. The number of phenolic OH excluding ortho intramolecular Hbond substituents is 1. The highest BCUT2D eigenvalue weighted by Crippen LogP contribution is 2.44. The minimum Gasteiger partial charge on any atom is -0.508 e. The molecule has 0 aliphatic heterocycles. The van der Waals surface area contributed by atoms with Crippen molar-refractivity contribution in [1.29, 1.82) is 0 Å². The Morgan fingerprint density at radius 1 is 0.613 bits per heavy atom. The van der Waals surface area contributed by atoms with Gasteiger partial charge in [-0.15, -0.1) is 0 Å². The first kappa shape index (κ1) is 47.7. The van der Waals surface area contributed by atoms with E-state index >= 15 is 0 Å². The molecular weight excluding hydrogens is 765 g/mol. The molecule has 0 aromatic heterocycles. The average Bonchev–Trinajstić information content (AvgIpc) is 3.31. The van der Waals surface area contributed by atoms with Gasteiger partial charge in [0.25, 0.3) is 0 Å². The second-order valence-electron chi connectivity index (χ2n) is 17.1. The topological polar surface area (TPSA) is 65.0 Å². The van der Waals surface area contributed by atoms with Gasteiger partial charge in [0.05, 0.1) is 11.0 Å². The number of phenols is 1. The van der Waals surface area contributed by atoms with Gasteiger partial charge >= 0.3 is 5.97 Å². The average molecular weight is 835 g/mol. The van der Waals surface area contributed by atoms with Crippen molar-refractivity contribution in [2.24, 2.45) is 0 Å². The number of ether oxygens (including phenoxy) is 3. The van der Waals surface area contributed by atoms with Crippen LogP contribution in [0.5, 0.6) is 17.2 Å². The quantitative estimate of drug-likeness (QED) is 0.0673. The van der Waals surface area contributed by atoms with E-state index in [1.165, 1.54) is 47.1 Å². The molecule has 0 spiro atoms. The van der Waals surface area contributed by atoms with Gasteiger partial charge in [-0.1, -0.05) is 163 Å². The third kappa shape index (κ3) is 12.8. The fourth-order valence-corrected chi connectivity index (χ4v) is 8.19. The molecule has 1 N–H and O–H groups in total. The Balaban J connectivity index is 0.000000191. The van der Waals surface area contributed by atoms with Crippen molar-refractivity contribution in [3.8, 4) is 17.2 Å². The van der Waals surface area contributed by atoms with Crippen LogP contribution in [0.4, 0.5) is 0 Å². The summed E-state index contributed by atoms with van der Waals surface area (Å²) in [6, 6.07) is 46.3. The van der Waals surface area contributed by atoms with Crippen molar-refractivity contribution >= 4 is 16.7 Å². The molecule has 6 aromatic carbocycles. The van der Waals surface area contributed by atoms with Gasteiger partial charge in [-0.25, -0.2) is 4.79 Å². The predicted molar refractivity (Wildman–Crippen MR) is 258 cm³/mol. The second kappa shape index (κ2) is 23.7. The molecule has 1 saturated carbocycles. The molecular formula is C57H70O5. The first-order chi connectivity index (χ1) is 30.0. The van der Waals surface area contributed by atoms with Crippen molar-refractivity contribution in [3.63, 3.8) is 0 Å². The Hall–Kier alpha value is -5.39. The molecule has 62 heavy (non-hydrogen) atoms. The van der Waals surface area contributed by atoms with Gasteiger partial charge in [0.15, 0.2) is 0 Å². The van der Waals surface area contributed by atoms with Crippen LogP contribution in [0.15, 0.2) is 140 Å². The Kier molecular flexibility index (Phi) is 18.2.